The van der Waals surface area contributed by atoms with Crippen LogP contribution in [0.3, 0.4) is 0 Å². The molecule has 130 valence electrons. The van der Waals surface area contributed by atoms with Crippen molar-refractivity contribution in [1.82, 2.24) is 10.9 Å². The molecule has 0 radical (unpaired) electrons. The molecule has 0 aliphatic heterocycles. The normalized spacial score (nSPS) is 10.6. The van der Waals surface area contributed by atoms with Gasteiger partial charge in [0.05, 0.1) is 5.75 Å². The van der Waals surface area contributed by atoms with Gasteiger partial charge in [0.1, 0.15) is 0 Å². The summed E-state index contributed by atoms with van der Waals surface area (Å²) in [5.41, 5.74) is 8.16. The fraction of sp³-hybridized carbons (Fsp3) is 0.200. The highest BCUT2D eigenvalue weighted by atomic mass is 32.2. The molecule has 0 atom stereocenters. The van der Waals surface area contributed by atoms with Gasteiger partial charge in [-0.15, -0.1) is 11.8 Å². The third-order valence-electron chi connectivity index (χ3n) is 3.53. The Morgan fingerprint density at radius 3 is 2.32 bits per heavy atom. The second-order valence-electron chi connectivity index (χ2n) is 5.57. The number of amides is 2. The lowest BCUT2D eigenvalue weighted by molar-refractivity contribution is -0.125. The predicted octanol–water partition coefficient (Wildman–Crippen LogP) is 3.51. The van der Waals surface area contributed by atoms with Gasteiger partial charge in [0.15, 0.2) is 0 Å². The summed E-state index contributed by atoms with van der Waals surface area (Å²) < 4.78 is 0. The number of thioether (sulfide) groups is 1. The molecule has 0 bridgehead atoms. The maximum atomic E-state index is 11.8. The summed E-state index contributed by atoms with van der Waals surface area (Å²) in [7, 11) is 0. The number of hydrazine groups is 1. The lowest BCUT2D eigenvalue weighted by atomic mass is 10.1. The molecule has 0 unspecified atom stereocenters. The Morgan fingerprint density at radius 1 is 1.00 bits per heavy atom. The van der Waals surface area contributed by atoms with E-state index in [1.807, 2.05) is 55.5 Å². The fourth-order valence-corrected chi connectivity index (χ4v) is 2.73. The van der Waals surface area contributed by atoms with E-state index in [0.29, 0.717) is 0 Å². The molecule has 0 aliphatic carbocycles. The molecule has 0 aromatic heterocycles. The van der Waals surface area contributed by atoms with E-state index in [1.54, 1.807) is 6.08 Å². The van der Waals surface area contributed by atoms with E-state index in [0.717, 1.165) is 16.9 Å². The molecule has 0 spiro atoms. The van der Waals surface area contributed by atoms with Gasteiger partial charge >= 0.3 is 0 Å². The standard InChI is InChI=1S/C20H22N2O2S/c1-3-16-6-8-17(9-7-16)10-13-19(23)21-22-20(24)14-25-18-11-4-15(2)5-12-18/h4-13H,3,14H2,1-2H3,(H,21,23)(H,22,24)/b13-10+. The molecular weight excluding hydrogens is 332 g/mol. The summed E-state index contributed by atoms with van der Waals surface area (Å²) in [6, 6.07) is 15.9. The van der Waals surface area contributed by atoms with Gasteiger partial charge in [0, 0.05) is 11.0 Å². The first-order chi connectivity index (χ1) is 12.1. The van der Waals surface area contributed by atoms with Crippen molar-refractivity contribution < 1.29 is 9.59 Å². The number of hydrogen-bond acceptors (Lipinski definition) is 3. The van der Waals surface area contributed by atoms with Gasteiger partial charge in [0.2, 0.25) is 5.91 Å². The average molecular weight is 354 g/mol. The maximum absolute atomic E-state index is 11.8. The van der Waals surface area contributed by atoms with Crippen LogP contribution in [0.2, 0.25) is 0 Å². The van der Waals surface area contributed by atoms with Crippen molar-refractivity contribution in [3.8, 4) is 0 Å². The van der Waals surface area contributed by atoms with Crippen molar-refractivity contribution in [2.24, 2.45) is 0 Å². The van der Waals surface area contributed by atoms with Gasteiger partial charge in [0.25, 0.3) is 5.91 Å². The summed E-state index contributed by atoms with van der Waals surface area (Å²) in [5, 5.41) is 0. The van der Waals surface area contributed by atoms with Crippen molar-refractivity contribution >= 4 is 29.7 Å². The van der Waals surface area contributed by atoms with E-state index < -0.39 is 0 Å². The Bertz CT molecular complexity index is 737. The third kappa shape index (κ3) is 6.85. The van der Waals surface area contributed by atoms with E-state index in [-0.39, 0.29) is 17.6 Å². The van der Waals surface area contributed by atoms with Crippen LogP contribution in [0.1, 0.15) is 23.6 Å². The highest BCUT2D eigenvalue weighted by Crippen LogP contribution is 2.17. The fourth-order valence-electron chi connectivity index (χ4n) is 2.03. The van der Waals surface area contributed by atoms with Crippen LogP contribution in [0.5, 0.6) is 0 Å². The Hall–Kier alpha value is -2.53. The van der Waals surface area contributed by atoms with Gasteiger partial charge in [-0.1, -0.05) is 48.9 Å². The Balaban J connectivity index is 1.72. The number of carbonyl (C=O) groups is 2. The Morgan fingerprint density at radius 2 is 1.68 bits per heavy atom. The first-order valence-corrected chi connectivity index (χ1v) is 9.10. The Labute approximate surface area is 152 Å². The molecule has 2 rings (SSSR count). The quantitative estimate of drug-likeness (QED) is 0.474. The molecule has 25 heavy (non-hydrogen) atoms. The minimum atomic E-state index is -0.367. The zero-order valence-electron chi connectivity index (χ0n) is 14.4. The third-order valence-corrected chi connectivity index (χ3v) is 4.54. The minimum absolute atomic E-state index is 0.242. The van der Waals surface area contributed by atoms with Crippen LogP contribution in [-0.2, 0) is 16.0 Å². The first-order valence-electron chi connectivity index (χ1n) is 8.12. The Kier molecular flexibility index (Phi) is 7.29. The molecular formula is C20H22N2O2S. The molecule has 2 amide bonds. The summed E-state index contributed by atoms with van der Waals surface area (Å²) >= 11 is 1.42. The van der Waals surface area contributed by atoms with Crippen molar-refractivity contribution in [1.29, 1.82) is 0 Å². The second kappa shape index (κ2) is 9.69. The topological polar surface area (TPSA) is 58.2 Å². The second-order valence-corrected chi connectivity index (χ2v) is 6.62. The van der Waals surface area contributed by atoms with Crippen molar-refractivity contribution in [3.05, 3.63) is 71.3 Å². The largest absolute Gasteiger partial charge is 0.272 e. The van der Waals surface area contributed by atoms with E-state index in [4.69, 9.17) is 0 Å². The van der Waals surface area contributed by atoms with Crippen molar-refractivity contribution in [2.75, 3.05) is 5.75 Å². The summed E-state index contributed by atoms with van der Waals surface area (Å²) in [6.45, 7) is 4.11. The average Bonchev–Trinajstić information content (AvgIpc) is 2.64. The lowest BCUT2D eigenvalue weighted by Gasteiger charge is -2.05. The number of benzene rings is 2. The molecule has 2 aromatic rings. The van der Waals surface area contributed by atoms with Crippen molar-refractivity contribution in [3.63, 3.8) is 0 Å². The van der Waals surface area contributed by atoms with Gasteiger partial charge in [-0.05, 0) is 42.7 Å². The van der Waals surface area contributed by atoms with E-state index in [2.05, 4.69) is 17.8 Å². The lowest BCUT2D eigenvalue weighted by Crippen LogP contribution is -2.41. The van der Waals surface area contributed by atoms with Gasteiger partial charge in [-0.2, -0.15) is 0 Å². The van der Waals surface area contributed by atoms with Crippen LogP contribution in [0, 0.1) is 6.92 Å². The zero-order chi connectivity index (χ0) is 18.1. The summed E-state index contributed by atoms with van der Waals surface area (Å²) in [4.78, 5) is 24.5. The molecule has 0 aliphatic rings. The van der Waals surface area contributed by atoms with E-state index >= 15 is 0 Å². The van der Waals surface area contributed by atoms with Crippen LogP contribution in [0.25, 0.3) is 6.08 Å². The molecule has 2 N–H and O–H groups in total. The van der Waals surface area contributed by atoms with E-state index in [9.17, 15) is 9.59 Å². The highest BCUT2D eigenvalue weighted by Gasteiger charge is 2.03. The first kappa shape index (κ1) is 18.8. The molecule has 0 fully saturated rings. The van der Waals surface area contributed by atoms with Crippen LogP contribution in [-0.4, -0.2) is 17.6 Å². The summed E-state index contributed by atoms with van der Waals surface area (Å²) in [6.07, 6.45) is 4.09. The minimum Gasteiger partial charge on any atom is -0.272 e. The van der Waals surface area contributed by atoms with Crippen LogP contribution < -0.4 is 10.9 Å². The van der Waals surface area contributed by atoms with Gasteiger partial charge in [-0.3, -0.25) is 20.4 Å². The molecule has 0 saturated carbocycles. The number of hydrogen-bond donors (Lipinski definition) is 2. The van der Waals surface area contributed by atoms with Crippen LogP contribution in [0.4, 0.5) is 0 Å². The molecule has 4 nitrogen and oxygen atoms in total. The zero-order valence-corrected chi connectivity index (χ0v) is 15.2. The number of rotatable bonds is 6. The highest BCUT2D eigenvalue weighted by molar-refractivity contribution is 8.00. The predicted molar refractivity (Wildman–Crippen MR) is 103 cm³/mol. The SMILES string of the molecule is CCc1ccc(/C=C/C(=O)NNC(=O)CSc2ccc(C)cc2)cc1. The van der Waals surface area contributed by atoms with Crippen LogP contribution in [0.15, 0.2) is 59.5 Å². The maximum Gasteiger partial charge on any atom is 0.262 e. The van der Waals surface area contributed by atoms with Gasteiger partial charge in [-0.25, -0.2) is 0 Å². The number of aryl methyl sites for hydroxylation is 2. The van der Waals surface area contributed by atoms with Crippen molar-refractivity contribution in [2.45, 2.75) is 25.2 Å². The number of carbonyl (C=O) groups excluding carboxylic acids is 2. The molecule has 2 aromatic carbocycles. The monoisotopic (exact) mass is 354 g/mol. The van der Waals surface area contributed by atoms with Gasteiger partial charge < -0.3 is 0 Å². The number of nitrogens with one attached hydrogen (secondary N) is 2. The summed E-state index contributed by atoms with van der Waals surface area (Å²) in [5.74, 6) is -0.376. The smallest absolute Gasteiger partial charge is 0.262 e. The molecule has 0 saturated heterocycles. The molecule has 0 heterocycles. The van der Waals surface area contributed by atoms with E-state index in [1.165, 1.54) is 29.0 Å². The van der Waals surface area contributed by atoms with Crippen LogP contribution >= 0.6 is 11.8 Å². The molecule has 5 heteroatoms.